The molecule has 1 aromatic heterocycles. The zero-order valence-electron chi connectivity index (χ0n) is 11.8. The van der Waals surface area contributed by atoms with E-state index in [0.717, 1.165) is 19.7 Å². The van der Waals surface area contributed by atoms with Crippen LogP contribution in [0.25, 0.3) is 0 Å². The second-order valence-corrected chi connectivity index (χ2v) is 5.36. The molecule has 104 valence electrons. The first-order chi connectivity index (χ1) is 9.83. The molecule has 0 bridgehead atoms. The number of morpholine rings is 1. The third-order valence-corrected chi connectivity index (χ3v) is 3.79. The van der Waals surface area contributed by atoms with Crippen LogP contribution in [0.1, 0.15) is 24.1 Å². The van der Waals surface area contributed by atoms with Crippen LogP contribution in [0.3, 0.4) is 0 Å². The van der Waals surface area contributed by atoms with Crippen LogP contribution < -0.4 is 0 Å². The predicted molar refractivity (Wildman–Crippen MR) is 79.2 cm³/mol. The largest absolute Gasteiger partial charge is 0.375 e. The van der Waals surface area contributed by atoms with Gasteiger partial charge in [0, 0.05) is 25.5 Å². The summed E-state index contributed by atoms with van der Waals surface area (Å²) >= 11 is 0. The Morgan fingerprint density at radius 1 is 1.15 bits per heavy atom. The van der Waals surface area contributed by atoms with Crippen molar-refractivity contribution in [2.45, 2.75) is 25.6 Å². The zero-order valence-corrected chi connectivity index (χ0v) is 11.8. The lowest BCUT2D eigenvalue weighted by atomic mass is 10.0. The van der Waals surface area contributed by atoms with Crippen LogP contribution in [0.15, 0.2) is 54.9 Å². The molecular weight excluding hydrogens is 248 g/mol. The average molecular weight is 268 g/mol. The lowest BCUT2D eigenvalue weighted by Crippen LogP contribution is -2.43. The first-order valence-corrected chi connectivity index (χ1v) is 7.12. The fourth-order valence-electron chi connectivity index (χ4n) is 2.75. The van der Waals surface area contributed by atoms with Gasteiger partial charge in [0.15, 0.2) is 0 Å². The fourth-order valence-corrected chi connectivity index (χ4v) is 2.75. The second-order valence-electron chi connectivity index (χ2n) is 5.36. The summed E-state index contributed by atoms with van der Waals surface area (Å²) in [6, 6.07) is 15.1. The Hall–Kier alpha value is -1.71. The molecular formula is C17H20N2O. The van der Waals surface area contributed by atoms with Gasteiger partial charge in [0.1, 0.15) is 0 Å². The molecule has 0 radical (unpaired) electrons. The molecule has 1 saturated heterocycles. The Bertz CT molecular complexity index is 529. The second kappa shape index (κ2) is 6.16. The Balaban J connectivity index is 1.80. The number of hydrogen-bond donors (Lipinski definition) is 0. The van der Waals surface area contributed by atoms with Crippen molar-refractivity contribution in [3.63, 3.8) is 0 Å². The molecule has 0 spiro atoms. The van der Waals surface area contributed by atoms with Crippen molar-refractivity contribution in [3.8, 4) is 0 Å². The summed E-state index contributed by atoms with van der Waals surface area (Å²) in [5, 5.41) is 0. The molecule has 0 saturated carbocycles. The number of benzene rings is 1. The highest BCUT2D eigenvalue weighted by atomic mass is 16.5. The molecule has 1 aromatic carbocycles. The average Bonchev–Trinajstić information content (AvgIpc) is 2.49. The van der Waals surface area contributed by atoms with E-state index in [2.05, 4.69) is 59.3 Å². The molecule has 2 unspecified atom stereocenters. The number of ether oxygens (including phenoxy) is 1. The third kappa shape index (κ3) is 3.06. The molecule has 2 aromatic rings. The zero-order chi connectivity index (χ0) is 13.8. The van der Waals surface area contributed by atoms with Gasteiger partial charge >= 0.3 is 0 Å². The van der Waals surface area contributed by atoms with Gasteiger partial charge in [-0.05, 0) is 30.2 Å². The molecule has 0 N–H and O–H groups in total. The smallest absolute Gasteiger partial charge is 0.0675 e. The quantitative estimate of drug-likeness (QED) is 0.855. The highest BCUT2D eigenvalue weighted by Crippen LogP contribution is 2.27. The van der Waals surface area contributed by atoms with Crippen molar-refractivity contribution in [2.75, 3.05) is 13.2 Å². The predicted octanol–water partition coefficient (Wildman–Crippen LogP) is 3.04. The summed E-state index contributed by atoms with van der Waals surface area (Å²) < 4.78 is 5.86. The lowest BCUT2D eigenvalue weighted by Gasteiger charge is -2.39. The summed E-state index contributed by atoms with van der Waals surface area (Å²) in [5.41, 5.74) is 2.63. The molecule has 1 aliphatic heterocycles. The number of pyridine rings is 1. The van der Waals surface area contributed by atoms with Crippen molar-refractivity contribution in [1.82, 2.24) is 9.88 Å². The van der Waals surface area contributed by atoms with Crippen LogP contribution in [0.2, 0.25) is 0 Å². The lowest BCUT2D eigenvalue weighted by molar-refractivity contribution is -0.0597. The number of nitrogens with zero attached hydrogens (tertiary/aromatic N) is 2. The van der Waals surface area contributed by atoms with Gasteiger partial charge in [-0.25, -0.2) is 0 Å². The molecule has 20 heavy (non-hydrogen) atoms. The van der Waals surface area contributed by atoms with Gasteiger partial charge in [-0.1, -0.05) is 30.3 Å². The monoisotopic (exact) mass is 268 g/mol. The Morgan fingerprint density at radius 2 is 1.90 bits per heavy atom. The van der Waals surface area contributed by atoms with E-state index in [4.69, 9.17) is 4.74 Å². The molecule has 1 aliphatic rings. The third-order valence-electron chi connectivity index (χ3n) is 3.79. The van der Waals surface area contributed by atoms with Crippen LogP contribution in [-0.4, -0.2) is 29.1 Å². The maximum Gasteiger partial charge on any atom is 0.0675 e. The SMILES string of the molecule is CC1CN(Cc2ccncc2)C(c2ccccc2)CO1. The van der Waals surface area contributed by atoms with E-state index in [-0.39, 0.29) is 6.10 Å². The van der Waals surface area contributed by atoms with Crippen LogP contribution in [0, 0.1) is 0 Å². The van der Waals surface area contributed by atoms with Crippen LogP contribution in [0.5, 0.6) is 0 Å². The van der Waals surface area contributed by atoms with Gasteiger partial charge in [0.25, 0.3) is 0 Å². The van der Waals surface area contributed by atoms with Gasteiger partial charge in [-0.15, -0.1) is 0 Å². The summed E-state index contributed by atoms with van der Waals surface area (Å²) in [7, 11) is 0. The van der Waals surface area contributed by atoms with E-state index in [1.165, 1.54) is 11.1 Å². The molecule has 0 amide bonds. The van der Waals surface area contributed by atoms with Crippen molar-refractivity contribution < 1.29 is 4.74 Å². The maximum absolute atomic E-state index is 5.86. The van der Waals surface area contributed by atoms with Gasteiger partial charge in [0.2, 0.25) is 0 Å². The van der Waals surface area contributed by atoms with Gasteiger partial charge in [-0.3, -0.25) is 9.88 Å². The van der Waals surface area contributed by atoms with Gasteiger partial charge in [-0.2, -0.15) is 0 Å². The molecule has 3 heteroatoms. The van der Waals surface area contributed by atoms with Crippen LogP contribution in [-0.2, 0) is 11.3 Å². The van der Waals surface area contributed by atoms with E-state index in [0.29, 0.717) is 6.04 Å². The van der Waals surface area contributed by atoms with Gasteiger partial charge in [0.05, 0.1) is 18.8 Å². The van der Waals surface area contributed by atoms with Crippen LogP contribution in [0.4, 0.5) is 0 Å². The molecule has 2 atom stereocenters. The van der Waals surface area contributed by atoms with E-state index in [1.807, 2.05) is 12.4 Å². The Morgan fingerprint density at radius 3 is 2.65 bits per heavy atom. The first-order valence-electron chi connectivity index (χ1n) is 7.12. The minimum Gasteiger partial charge on any atom is -0.375 e. The highest BCUT2D eigenvalue weighted by Gasteiger charge is 2.27. The normalized spacial score (nSPS) is 23.6. The summed E-state index contributed by atoms with van der Waals surface area (Å²) in [4.78, 5) is 6.59. The number of rotatable bonds is 3. The number of hydrogen-bond acceptors (Lipinski definition) is 3. The highest BCUT2D eigenvalue weighted by molar-refractivity contribution is 5.20. The van der Waals surface area contributed by atoms with E-state index >= 15 is 0 Å². The van der Waals surface area contributed by atoms with Crippen molar-refractivity contribution in [3.05, 3.63) is 66.0 Å². The Kier molecular flexibility index (Phi) is 4.09. The van der Waals surface area contributed by atoms with Crippen molar-refractivity contribution >= 4 is 0 Å². The summed E-state index contributed by atoms with van der Waals surface area (Å²) in [6.07, 6.45) is 4.00. The summed E-state index contributed by atoms with van der Waals surface area (Å²) in [5.74, 6) is 0. The Labute approximate surface area is 120 Å². The minimum atomic E-state index is 0.289. The van der Waals surface area contributed by atoms with E-state index < -0.39 is 0 Å². The molecule has 3 rings (SSSR count). The van der Waals surface area contributed by atoms with Crippen LogP contribution >= 0.6 is 0 Å². The topological polar surface area (TPSA) is 25.4 Å². The number of aromatic nitrogens is 1. The maximum atomic E-state index is 5.86. The standard InChI is InChI=1S/C17H20N2O/c1-14-11-19(12-15-7-9-18-10-8-15)17(13-20-14)16-5-3-2-4-6-16/h2-10,14,17H,11-13H2,1H3. The molecule has 0 aliphatic carbocycles. The molecule has 2 heterocycles. The fraction of sp³-hybridized carbons (Fsp3) is 0.353. The van der Waals surface area contributed by atoms with Gasteiger partial charge < -0.3 is 4.74 Å². The van der Waals surface area contributed by atoms with Crippen molar-refractivity contribution in [2.24, 2.45) is 0 Å². The van der Waals surface area contributed by atoms with E-state index in [9.17, 15) is 0 Å². The van der Waals surface area contributed by atoms with Crippen molar-refractivity contribution in [1.29, 1.82) is 0 Å². The van der Waals surface area contributed by atoms with E-state index in [1.54, 1.807) is 0 Å². The first kappa shape index (κ1) is 13.3. The summed E-state index contributed by atoms with van der Waals surface area (Å²) in [6.45, 7) is 4.80. The molecule has 1 fully saturated rings. The minimum absolute atomic E-state index is 0.289. The molecule has 3 nitrogen and oxygen atoms in total.